The van der Waals surface area contributed by atoms with Crippen molar-refractivity contribution in [1.29, 1.82) is 0 Å². The van der Waals surface area contributed by atoms with Crippen LogP contribution in [0.25, 0.3) is 0 Å². The SMILES string of the molecule is CCCOC(=O)Cl.CCOC(=O)Cl. The first-order valence-corrected chi connectivity index (χ1v) is 4.44. The van der Waals surface area contributed by atoms with Crippen molar-refractivity contribution < 1.29 is 19.1 Å². The molecule has 78 valence electrons. The maximum Gasteiger partial charge on any atom is 0.403 e. The van der Waals surface area contributed by atoms with Crippen molar-refractivity contribution in [3.05, 3.63) is 0 Å². The van der Waals surface area contributed by atoms with E-state index in [0.29, 0.717) is 13.2 Å². The third kappa shape index (κ3) is 24.6. The topological polar surface area (TPSA) is 52.6 Å². The van der Waals surface area contributed by atoms with Crippen LogP contribution in [0.3, 0.4) is 0 Å². The van der Waals surface area contributed by atoms with Crippen molar-refractivity contribution in [2.24, 2.45) is 0 Å². The number of ether oxygens (including phenoxy) is 2. The van der Waals surface area contributed by atoms with E-state index in [1.807, 2.05) is 6.92 Å². The molecular weight excluding hydrogens is 219 g/mol. The van der Waals surface area contributed by atoms with Gasteiger partial charge in [-0.1, -0.05) is 6.92 Å². The van der Waals surface area contributed by atoms with Gasteiger partial charge in [-0.3, -0.25) is 0 Å². The molecule has 0 aromatic heterocycles. The Morgan fingerprint density at radius 3 is 1.62 bits per heavy atom. The summed E-state index contributed by atoms with van der Waals surface area (Å²) in [5, 5.41) is 0. The van der Waals surface area contributed by atoms with E-state index in [-0.39, 0.29) is 0 Å². The van der Waals surface area contributed by atoms with Crippen LogP contribution in [0.15, 0.2) is 0 Å². The van der Waals surface area contributed by atoms with Crippen molar-refractivity contribution in [2.45, 2.75) is 20.3 Å². The van der Waals surface area contributed by atoms with Gasteiger partial charge >= 0.3 is 10.9 Å². The van der Waals surface area contributed by atoms with Gasteiger partial charge in [0.2, 0.25) is 0 Å². The number of carbonyl (C=O) groups is 2. The lowest BCUT2D eigenvalue weighted by Crippen LogP contribution is -1.93. The zero-order chi connectivity index (χ0) is 10.7. The van der Waals surface area contributed by atoms with Gasteiger partial charge in [-0.15, -0.1) is 0 Å². The molecule has 0 rings (SSSR count). The molecule has 0 aliphatic heterocycles. The molecule has 6 heteroatoms. The predicted octanol–water partition coefficient (Wildman–Crippen LogP) is 3.15. The molecule has 0 heterocycles. The smallest absolute Gasteiger partial charge is 0.403 e. The highest BCUT2D eigenvalue weighted by molar-refractivity contribution is 6.61. The number of rotatable bonds is 3. The van der Waals surface area contributed by atoms with Crippen LogP contribution >= 0.6 is 23.2 Å². The number of hydrogen-bond acceptors (Lipinski definition) is 4. The van der Waals surface area contributed by atoms with E-state index < -0.39 is 10.9 Å². The van der Waals surface area contributed by atoms with Gasteiger partial charge in [-0.25, -0.2) is 9.59 Å². The highest BCUT2D eigenvalue weighted by atomic mass is 35.5. The zero-order valence-electron chi connectivity index (χ0n) is 7.51. The van der Waals surface area contributed by atoms with Crippen molar-refractivity contribution in [3.8, 4) is 0 Å². The van der Waals surface area contributed by atoms with E-state index in [1.165, 1.54) is 0 Å². The molecule has 0 saturated heterocycles. The Morgan fingerprint density at radius 2 is 1.54 bits per heavy atom. The van der Waals surface area contributed by atoms with Gasteiger partial charge in [0, 0.05) is 23.2 Å². The summed E-state index contributed by atoms with van der Waals surface area (Å²) in [6, 6.07) is 0. The molecule has 0 bridgehead atoms. The Labute approximate surface area is 87.1 Å². The minimum Gasteiger partial charge on any atom is -0.454 e. The van der Waals surface area contributed by atoms with Crippen LogP contribution in [-0.2, 0) is 9.47 Å². The average Bonchev–Trinajstić information content (AvgIpc) is 2.01. The second kappa shape index (κ2) is 11.5. The fourth-order valence-electron chi connectivity index (χ4n) is 0.296. The second-order valence-electron chi connectivity index (χ2n) is 1.76. The normalized spacial score (nSPS) is 8.00. The summed E-state index contributed by atoms with van der Waals surface area (Å²) in [4.78, 5) is 19.3. The summed E-state index contributed by atoms with van der Waals surface area (Å²) < 4.78 is 8.49. The van der Waals surface area contributed by atoms with Crippen molar-refractivity contribution in [2.75, 3.05) is 13.2 Å². The lowest BCUT2D eigenvalue weighted by molar-refractivity contribution is 0.173. The first kappa shape index (κ1) is 15.0. The molecule has 0 fully saturated rings. The Bertz CT molecular complexity index is 149. The Balaban J connectivity index is 0. The third-order valence-electron chi connectivity index (χ3n) is 0.677. The number of hydrogen-bond donors (Lipinski definition) is 0. The van der Waals surface area contributed by atoms with Crippen LogP contribution in [0.5, 0.6) is 0 Å². The van der Waals surface area contributed by atoms with Crippen LogP contribution in [0.1, 0.15) is 20.3 Å². The Hall–Kier alpha value is -0.480. The summed E-state index contributed by atoms with van der Waals surface area (Å²) in [5.41, 5.74) is -1.46. The molecule has 13 heavy (non-hydrogen) atoms. The van der Waals surface area contributed by atoms with Gasteiger partial charge in [0.25, 0.3) is 0 Å². The van der Waals surface area contributed by atoms with E-state index in [4.69, 9.17) is 23.2 Å². The molecule has 0 unspecified atom stereocenters. The van der Waals surface area contributed by atoms with E-state index >= 15 is 0 Å². The van der Waals surface area contributed by atoms with Gasteiger partial charge in [0.05, 0.1) is 13.2 Å². The fourth-order valence-corrected chi connectivity index (χ4v) is 0.482. The third-order valence-corrected chi connectivity index (χ3v) is 0.896. The average molecular weight is 231 g/mol. The molecule has 4 nitrogen and oxygen atoms in total. The summed E-state index contributed by atoms with van der Waals surface area (Å²) in [6.45, 7) is 4.37. The summed E-state index contributed by atoms with van der Waals surface area (Å²) >= 11 is 9.51. The van der Waals surface area contributed by atoms with Crippen molar-refractivity contribution in [3.63, 3.8) is 0 Å². The monoisotopic (exact) mass is 230 g/mol. The summed E-state index contributed by atoms with van der Waals surface area (Å²) in [6.07, 6.45) is 0.818. The predicted molar refractivity (Wildman–Crippen MR) is 50.4 cm³/mol. The number of carbonyl (C=O) groups excluding carboxylic acids is 2. The fraction of sp³-hybridized carbons (Fsp3) is 0.714. The highest BCUT2D eigenvalue weighted by Crippen LogP contribution is 1.87. The molecule has 0 aliphatic carbocycles. The van der Waals surface area contributed by atoms with Gasteiger partial charge in [-0.05, 0) is 13.3 Å². The molecule has 0 N–H and O–H groups in total. The summed E-state index contributed by atoms with van der Waals surface area (Å²) in [5.74, 6) is 0. The largest absolute Gasteiger partial charge is 0.454 e. The van der Waals surface area contributed by atoms with E-state index in [0.717, 1.165) is 6.42 Å². The molecule has 0 aromatic rings. The molecule has 0 aromatic carbocycles. The van der Waals surface area contributed by atoms with Gasteiger partial charge in [0.15, 0.2) is 0 Å². The van der Waals surface area contributed by atoms with E-state index in [2.05, 4.69) is 9.47 Å². The van der Waals surface area contributed by atoms with Crippen molar-refractivity contribution in [1.82, 2.24) is 0 Å². The van der Waals surface area contributed by atoms with Gasteiger partial charge in [0.1, 0.15) is 0 Å². The quantitative estimate of drug-likeness (QED) is 0.700. The molecule has 0 atom stereocenters. The Kier molecular flexibility index (Phi) is 13.3. The van der Waals surface area contributed by atoms with Crippen LogP contribution < -0.4 is 0 Å². The first-order chi connectivity index (χ1) is 6.04. The Morgan fingerprint density at radius 1 is 1.08 bits per heavy atom. The van der Waals surface area contributed by atoms with Crippen LogP contribution in [0.2, 0.25) is 0 Å². The van der Waals surface area contributed by atoms with Gasteiger partial charge in [-0.2, -0.15) is 0 Å². The van der Waals surface area contributed by atoms with Crippen LogP contribution in [0.4, 0.5) is 9.59 Å². The minimum absolute atomic E-state index is 0.350. The number of halogens is 2. The second-order valence-corrected chi connectivity index (χ2v) is 2.37. The molecule has 0 spiro atoms. The van der Waals surface area contributed by atoms with Crippen LogP contribution in [-0.4, -0.2) is 24.1 Å². The van der Waals surface area contributed by atoms with E-state index in [1.54, 1.807) is 6.92 Å². The molecule has 0 aliphatic rings. The minimum atomic E-state index is -0.738. The lowest BCUT2D eigenvalue weighted by Gasteiger charge is -1.91. The standard InChI is InChI=1S/C4H7ClO2.C3H5ClO2/c1-2-3-7-4(5)6;1-2-6-3(4)5/h2-3H2,1H3;2H2,1H3. The molecule has 0 saturated carbocycles. The first-order valence-electron chi connectivity index (χ1n) is 3.69. The lowest BCUT2D eigenvalue weighted by atomic mass is 10.5. The van der Waals surface area contributed by atoms with E-state index in [9.17, 15) is 9.59 Å². The maximum absolute atomic E-state index is 9.75. The highest BCUT2D eigenvalue weighted by Gasteiger charge is 1.89. The summed E-state index contributed by atoms with van der Waals surface area (Å²) in [7, 11) is 0. The molecule has 0 amide bonds. The maximum atomic E-state index is 9.75. The van der Waals surface area contributed by atoms with Crippen molar-refractivity contribution >= 4 is 34.1 Å². The molecule has 0 radical (unpaired) electrons. The molecular formula is C7H12Cl2O4. The van der Waals surface area contributed by atoms with Gasteiger partial charge < -0.3 is 9.47 Å². The van der Waals surface area contributed by atoms with Crippen LogP contribution in [0, 0.1) is 0 Å². The zero-order valence-corrected chi connectivity index (χ0v) is 9.02.